The maximum Gasteiger partial charge on any atom is 0.380 e. The molecule has 0 spiro atoms. The van der Waals surface area contributed by atoms with E-state index in [-0.39, 0.29) is 6.16 Å². The second-order valence-corrected chi connectivity index (χ2v) is 4.34. The molecule has 1 rings (SSSR count). The average molecular weight is 198 g/mol. The molecule has 0 aliphatic carbocycles. The Labute approximate surface area is 77.2 Å². The lowest BCUT2D eigenvalue weighted by Crippen LogP contribution is -1.94. The molecule has 1 unspecified atom stereocenters. The lowest BCUT2D eigenvalue weighted by molar-refractivity contribution is 0.383. The van der Waals surface area contributed by atoms with Crippen LogP contribution in [0.2, 0.25) is 0 Å². The summed E-state index contributed by atoms with van der Waals surface area (Å²) >= 11 is 0. The van der Waals surface area contributed by atoms with Crippen LogP contribution in [0.3, 0.4) is 0 Å². The predicted molar refractivity (Wildman–Crippen MR) is 52.0 cm³/mol. The Balaban J connectivity index is 2.69. The van der Waals surface area contributed by atoms with Crippen LogP contribution in [-0.2, 0) is 4.57 Å². The number of para-hydroxylation sites is 1. The third kappa shape index (κ3) is 3.45. The van der Waals surface area contributed by atoms with E-state index in [1.54, 1.807) is 24.3 Å². The van der Waals surface area contributed by atoms with E-state index >= 15 is 0 Å². The Morgan fingerprint density at radius 1 is 1.46 bits per heavy atom. The van der Waals surface area contributed by atoms with E-state index in [4.69, 9.17) is 4.52 Å². The third-order valence-corrected chi connectivity index (χ3v) is 2.57. The molecule has 4 heteroatoms. The Bertz CT molecular complexity index is 321. The highest BCUT2D eigenvalue weighted by Gasteiger charge is 2.17. The van der Waals surface area contributed by atoms with Gasteiger partial charge in [0.05, 0.1) is 6.16 Å². The second kappa shape index (κ2) is 4.26. The van der Waals surface area contributed by atoms with E-state index in [1.807, 2.05) is 6.07 Å². The topological polar surface area (TPSA) is 46.5 Å². The van der Waals surface area contributed by atoms with Gasteiger partial charge in [-0.25, -0.2) is 4.57 Å². The summed E-state index contributed by atoms with van der Waals surface area (Å²) in [6.45, 7) is 3.38. The third-order valence-electron chi connectivity index (χ3n) is 1.35. The van der Waals surface area contributed by atoms with Crippen molar-refractivity contribution in [2.24, 2.45) is 0 Å². The van der Waals surface area contributed by atoms with Crippen molar-refractivity contribution in [3.63, 3.8) is 0 Å². The maximum absolute atomic E-state index is 11.2. The fraction of sp³-hybridized carbons (Fsp3) is 0.111. The molecule has 70 valence electrons. The number of allylic oxidation sites excluding steroid dienone is 1. The Hall–Kier alpha value is -1.05. The molecular weight excluding hydrogens is 187 g/mol. The van der Waals surface area contributed by atoms with E-state index in [0.29, 0.717) is 5.75 Å². The first kappa shape index (κ1) is 10.0. The molecule has 0 aliphatic heterocycles. The molecule has 0 saturated heterocycles. The van der Waals surface area contributed by atoms with Gasteiger partial charge in [-0.05, 0) is 12.1 Å². The summed E-state index contributed by atoms with van der Waals surface area (Å²) in [5.41, 5.74) is 0. The first-order chi connectivity index (χ1) is 6.14. The molecule has 13 heavy (non-hydrogen) atoms. The van der Waals surface area contributed by atoms with Crippen LogP contribution >= 0.6 is 7.60 Å². The monoisotopic (exact) mass is 198 g/mol. The lowest BCUT2D eigenvalue weighted by atomic mass is 10.3. The predicted octanol–water partition coefficient (Wildman–Crippen LogP) is 2.44. The average Bonchev–Trinajstić information content (AvgIpc) is 2.04. The van der Waals surface area contributed by atoms with Crippen molar-refractivity contribution >= 4 is 7.60 Å². The SMILES string of the molecule is C=CCP(=O)(O)Oc1ccccc1. The van der Waals surface area contributed by atoms with Gasteiger partial charge in [-0.15, -0.1) is 6.58 Å². The van der Waals surface area contributed by atoms with Crippen LogP contribution in [0, 0.1) is 0 Å². The van der Waals surface area contributed by atoms with E-state index in [9.17, 15) is 9.46 Å². The molecule has 1 aromatic rings. The van der Waals surface area contributed by atoms with Crippen molar-refractivity contribution in [3.05, 3.63) is 43.0 Å². The number of rotatable bonds is 4. The smallest absolute Gasteiger partial charge is 0.380 e. The van der Waals surface area contributed by atoms with Crippen LogP contribution in [0.1, 0.15) is 0 Å². The molecule has 1 atom stereocenters. The van der Waals surface area contributed by atoms with Crippen LogP contribution in [0.15, 0.2) is 43.0 Å². The van der Waals surface area contributed by atoms with Crippen LogP contribution in [0.5, 0.6) is 5.75 Å². The van der Waals surface area contributed by atoms with Crippen LogP contribution in [-0.4, -0.2) is 11.1 Å². The number of hydrogen-bond donors (Lipinski definition) is 1. The largest absolute Gasteiger partial charge is 0.424 e. The van der Waals surface area contributed by atoms with Gasteiger partial charge < -0.3 is 9.42 Å². The summed E-state index contributed by atoms with van der Waals surface area (Å²) in [5.74, 6) is 0.398. The standard InChI is InChI=1S/C9H11O3P/c1-2-8-13(10,11)12-9-6-4-3-5-7-9/h2-7H,1,8H2,(H,10,11). The van der Waals surface area contributed by atoms with Gasteiger partial charge in [0.1, 0.15) is 5.75 Å². The van der Waals surface area contributed by atoms with Gasteiger partial charge in [0.15, 0.2) is 0 Å². The Kier molecular flexibility index (Phi) is 3.29. The Morgan fingerprint density at radius 2 is 2.08 bits per heavy atom. The van der Waals surface area contributed by atoms with Crippen LogP contribution in [0.4, 0.5) is 0 Å². The molecular formula is C9H11O3P. The molecule has 0 saturated carbocycles. The first-order valence-electron chi connectivity index (χ1n) is 3.81. The quantitative estimate of drug-likeness (QED) is 0.597. The molecule has 0 bridgehead atoms. The number of benzene rings is 1. The highest BCUT2D eigenvalue weighted by molar-refractivity contribution is 7.53. The fourth-order valence-electron chi connectivity index (χ4n) is 0.846. The lowest BCUT2D eigenvalue weighted by Gasteiger charge is -2.10. The first-order valence-corrected chi connectivity index (χ1v) is 5.58. The van der Waals surface area contributed by atoms with Crippen LogP contribution in [0.25, 0.3) is 0 Å². The zero-order valence-electron chi connectivity index (χ0n) is 7.09. The van der Waals surface area contributed by atoms with Crippen molar-refractivity contribution in [2.75, 3.05) is 6.16 Å². The second-order valence-electron chi connectivity index (χ2n) is 2.51. The number of hydrogen-bond acceptors (Lipinski definition) is 2. The van der Waals surface area contributed by atoms with Crippen molar-refractivity contribution in [3.8, 4) is 5.75 Å². The minimum absolute atomic E-state index is 0.0398. The molecule has 1 aromatic carbocycles. The van der Waals surface area contributed by atoms with Crippen molar-refractivity contribution in [1.82, 2.24) is 0 Å². The molecule has 0 amide bonds. The molecule has 3 nitrogen and oxygen atoms in total. The zero-order valence-corrected chi connectivity index (χ0v) is 7.98. The summed E-state index contributed by atoms with van der Waals surface area (Å²) < 4.78 is 16.1. The van der Waals surface area contributed by atoms with E-state index in [0.717, 1.165) is 0 Å². The van der Waals surface area contributed by atoms with E-state index in [1.165, 1.54) is 6.08 Å². The summed E-state index contributed by atoms with van der Waals surface area (Å²) in [4.78, 5) is 9.23. The van der Waals surface area contributed by atoms with Gasteiger partial charge in [0, 0.05) is 0 Å². The van der Waals surface area contributed by atoms with Gasteiger partial charge in [-0.1, -0.05) is 24.3 Å². The zero-order chi connectivity index (χ0) is 9.73. The molecule has 1 N–H and O–H groups in total. The van der Waals surface area contributed by atoms with Crippen LogP contribution < -0.4 is 4.52 Å². The van der Waals surface area contributed by atoms with Crippen molar-refractivity contribution in [2.45, 2.75) is 0 Å². The summed E-state index contributed by atoms with van der Waals surface area (Å²) in [5, 5.41) is 0. The van der Waals surface area contributed by atoms with Gasteiger partial charge in [0.25, 0.3) is 0 Å². The van der Waals surface area contributed by atoms with E-state index < -0.39 is 7.60 Å². The molecule has 0 radical (unpaired) electrons. The van der Waals surface area contributed by atoms with E-state index in [2.05, 4.69) is 6.58 Å². The van der Waals surface area contributed by atoms with Gasteiger partial charge in [0.2, 0.25) is 0 Å². The molecule has 0 heterocycles. The van der Waals surface area contributed by atoms with Crippen molar-refractivity contribution in [1.29, 1.82) is 0 Å². The molecule has 0 fully saturated rings. The summed E-state index contributed by atoms with van der Waals surface area (Å²) in [7, 11) is -3.53. The molecule has 0 aromatic heterocycles. The minimum Gasteiger partial charge on any atom is -0.424 e. The maximum atomic E-state index is 11.2. The minimum atomic E-state index is -3.53. The molecule has 0 aliphatic rings. The highest BCUT2D eigenvalue weighted by atomic mass is 31.2. The highest BCUT2D eigenvalue weighted by Crippen LogP contribution is 2.42. The van der Waals surface area contributed by atoms with Gasteiger partial charge in [-0.2, -0.15) is 0 Å². The van der Waals surface area contributed by atoms with Crippen molar-refractivity contribution < 1.29 is 14.0 Å². The summed E-state index contributed by atoms with van der Waals surface area (Å²) in [6.07, 6.45) is 1.33. The van der Waals surface area contributed by atoms with Gasteiger partial charge in [-0.3, -0.25) is 0 Å². The summed E-state index contributed by atoms with van der Waals surface area (Å²) in [6, 6.07) is 8.55. The Morgan fingerprint density at radius 3 is 2.62 bits per heavy atom. The fourth-order valence-corrected chi connectivity index (χ4v) is 1.70. The normalized spacial score (nSPS) is 14.5. The van der Waals surface area contributed by atoms with Gasteiger partial charge >= 0.3 is 7.60 Å².